The molecule has 2 nitrogen and oxygen atoms in total. The number of halogens is 1. The first-order valence-electron chi connectivity index (χ1n) is 6.87. The van der Waals surface area contributed by atoms with Gasteiger partial charge < -0.3 is 5.11 Å². The van der Waals surface area contributed by atoms with E-state index in [2.05, 4.69) is 11.2 Å². The Labute approximate surface area is 119 Å². The molecule has 0 heterocycles. The molecule has 1 aliphatic carbocycles. The van der Waals surface area contributed by atoms with E-state index in [1.165, 1.54) is 25.0 Å². The van der Waals surface area contributed by atoms with Gasteiger partial charge in [-0.15, -0.1) is 0 Å². The standard InChI is InChI=1S/C15H22FNOS/c1-19-10-2-9-17(14-7-8-14)11-15(18)12-3-5-13(16)6-4-12/h3-6,14-15,18H,2,7-11H2,1H3. The second-order valence-corrected chi connectivity index (χ2v) is 6.13. The number of nitrogens with zero attached hydrogens (tertiary/aromatic N) is 1. The third-order valence-corrected chi connectivity index (χ3v) is 4.22. The van der Waals surface area contributed by atoms with Crippen molar-refractivity contribution in [2.45, 2.75) is 31.4 Å². The third kappa shape index (κ3) is 4.79. The van der Waals surface area contributed by atoms with E-state index in [0.29, 0.717) is 12.6 Å². The summed E-state index contributed by atoms with van der Waals surface area (Å²) >= 11 is 1.86. The van der Waals surface area contributed by atoms with Crippen molar-refractivity contribution < 1.29 is 9.50 Å². The predicted octanol–water partition coefficient (Wildman–Crippen LogP) is 3.08. The van der Waals surface area contributed by atoms with Gasteiger partial charge in [0.05, 0.1) is 6.10 Å². The predicted molar refractivity (Wildman–Crippen MR) is 79.0 cm³/mol. The normalized spacial score (nSPS) is 16.8. The highest BCUT2D eigenvalue weighted by Gasteiger charge is 2.29. The lowest BCUT2D eigenvalue weighted by atomic mass is 10.1. The molecule has 0 radical (unpaired) electrons. The number of thioether (sulfide) groups is 1. The molecule has 1 N–H and O–H groups in total. The van der Waals surface area contributed by atoms with Crippen LogP contribution in [0.4, 0.5) is 4.39 Å². The number of benzene rings is 1. The Kier molecular flexibility index (Phi) is 5.67. The van der Waals surface area contributed by atoms with Crippen molar-refractivity contribution in [3.8, 4) is 0 Å². The average molecular weight is 283 g/mol. The van der Waals surface area contributed by atoms with Gasteiger partial charge in [0.15, 0.2) is 0 Å². The van der Waals surface area contributed by atoms with Crippen molar-refractivity contribution in [3.63, 3.8) is 0 Å². The van der Waals surface area contributed by atoms with Crippen LogP contribution in [0.5, 0.6) is 0 Å². The minimum Gasteiger partial charge on any atom is -0.387 e. The Morgan fingerprint density at radius 3 is 2.63 bits per heavy atom. The maximum absolute atomic E-state index is 12.9. The van der Waals surface area contributed by atoms with Gasteiger partial charge in [0.25, 0.3) is 0 Å². The lowest BCUT2D eigenvalue weighted by Crippen LogP contribution is -2.32. The summed E-state index contributed by atoms with van der Waals surface area (Å²) in [6.45, 7) is 1.70. The van der Waals surface area contributed by atoms with Crippen LogP contribution >= 0.6 is 11.8 Å². The fourth-order valence-corrected chi connectivity index (χ4v) is 2.70. The summed E-state index contributed by atoms with van der Waals surface area (Å²) in [6, 6.07) is 6.82. The van der Waals surface area contributed by atoms with Gasteiger partial charge >= 0.3 is 0 Å². The van der Waals surface area contributed by atoms with Crippen LogP contribution in [0, 0.1) is 5.82 Å². The van der Waals surface area contributed by atoms with Crippen LogP contribution in [-0.4, -0.2) is 41.1 Å². The van der Waals surface area contributed by atoms with E-state index >= 15 is 0 Å². The summed E-state index contributed by atoms with van der Waals surface area (Å²) in [6.07, 6.45) is 5.25. The Bertz CT molecular complexity index is 380. The molecule has 106 valence electrons. The van der Waals surface area contributed by atoms with Crippen LogP contribution in [0.2, 0.25) is 0 Å². The molecule has 0 bridgehead atoms. The van der Waals surface area contributed by atoms with Crippen molar-refractivity contribution in [1.29, 1.82) is 0 Å². The summed E-state index contributed by atoms with van der Waals surface area (Å²) < 4.78 is 12.9. The minimum atomic E-state index is -0.518. The van der Waals surface area contributed by atoms with Crippen LogP contribution < -0.4 is 0 Å². The number of aliphatic hydroxyl groups excluding tert-OH is 1. The van der Waals surface area contributed by atoms with Crippen molar-refractivity contribution in [2.24, 2.45) is 0 Å². The van der Waals surface area contributed by atoms with Gasteiger partial charge in [-0.25, -0.2) is 4.39 Å². The molecule has 1 aliphatic rings. The molecule has 1 atom stereocenters. The Hall–Kier alpha value is -0.580. The minimum absolute atomic E-state index is 0.255. The van der Waals surface area contributed by atoms with E-state index < -0.39 is 6.10 Å². The quantitative estimate of drug-likeness (QED) is 0.742. The molecule has 0 amide bonds. The van der Waals surface area contributed by atoms with E-state index in [1.54, 1.807) is 12.1 Å². The molecule has 1 aromatic rings. The van der Waals surface area contributed by atoms with Gasteiger partial charge in [0, 0.05) is 12.6 Å². The zero-order valence-electron chi connectivity index (χ0n) is 11.4. The first-order chi connectivity index (χ1) is 9.20. The maximum atomic E-state index is 12.9. The van der Waals surface area contributed by atoms with Gasteiger partial charge in [-0.1, -0.05) is 12.1 Å². The molecular weight excluding hydrogens is 261 g/mol. The highest BCUT2D eigenvalue weighted by atomic mass is 32.2. The van der Waals surface area contributed by atoms with Crippen LogP contribution in [-0.2, 0) is 0 Å². The Morgan fingerprint density at radius 1 is 1.37 bits per heavy atom. The van der Waals surface area contributed by atoms with Gasteiger partial charge in [-0.05, 0) is 55.5 Å². The molecule has 1 unspecified atom stereocenters. The van der Waals surface area contributed by atoms with E-state index in [0.717, 1.165) is 24.3 Å². The summed E-state index contributed by atoms with van der Waals surface area (Å²) in [5.41, 5.74) is 0.803. The molecule has 0 saturated heterocycles. The second kappa shape index (κ2) is 7.27. The van der Waals surface area contributed by atoms with Crippen molar-refractivity contribution in [1.82, 2.24) is 4.90 Å². The number of aliphatic hydroxyl groups is 1. The monoisotopic (exact) mass is 283 g/mol. The van der Waals surface area contributed by atoms with Gasteiger partial charge in [-0.2, -0.15) is 11.8 Å². The van der Waals surface area contributed by atoms with Crippen LogP contribution in [0.1, 0.15) is 30.9 Å². The lowest BCUT2D eigenvalue weighted by Gasteiger charge is -2.25. The van der Waals surface area contributed by atoms with E-state index in [-0.39, 0.29) is 5.82 Å². The molecule has 2 rings (SSSR count). The summed E-state index contributed by atoms with van der Waals surface area (Å²) in [4.78, 5) is 2.38. The van der Waals surface area contributed by atoms with Gasteiger partial charge in [0.2, 0.25) is 0 Å². The molecule has 1 fully saturated rings. The third-order valence-electron chi connectivity index (χ3n) is 3.52. The fraction of sp³-hybridized carbons (Fsp3) is 0.600. The van der Waals surface area contributed by atoms with Crippen molar-refractivity contribution in [2.75, 3.05) is 25.1 Å². The average Bonchev–Trinajstić information content (AvgIpc) is 3.23. The van der Waals surface area contributed by atoms with Crippen LogP contribution in [0.25, 0.3) is 0 Å². The molecule has 1 saturated carbocycles. The zero-order valence-corrected chi connectivity index (χ0v) is 12.2. The molecule has 0 aromatic heterocycles. The molecule has 1 aromatic carbocycles. The molecule has 0 aliphatic heterocycles. The largest absolute Gasteiger partial charge is 0.387 e. The van der Waals surface area contributed by atoms with E-state index in [9.17, 15) is 9.50 Å². The molecule has 0 spiro atoms. The van der Waals surface area contributed by atoms with Gasteiger partial charge in [-0.3, -0.25) is 4.90 Å². The first kappa shape index (κ1) is 14.8. The molecule has 19 heavy (non-hydrogen) atoms. The van der Waals surface area contributed by atoms with Gasteiger partial charge in [0.1, 0.15) is 5.82 Å². The topological polar surface area (TPSA) is 23.5 Å². The number of hydrogen-bond donors (Lipinski definition) is 1. The smallest absolute Gasteiger partial charge is 0.123 e. The number of rotatable bonds is 8. The van der Waals surface area contributed by atoms with Crippen molar-refractivity contribution >= 4 is 11.8 Å². The zero-order chi connectivity index (χ0) is 13.7. The highest BCUT2D eigenvalue weighted by molar-refractivity contribution is 7.98. The summed E-state index contributed by atoms with van der Waals surface area (Å²) in [7, 11) is 0. The van der Waals surface area contributed by atoms with E-state index in [1.807, 2.05) is 11.8 Å². The molecule has 4 heteroatoms. The Balaban J connectivity index is 1.87. The summed E-state index contributed by atoms with van der Waals surface area (Å²) in [5.74, 6) is 0.908. The highest BCUT2D eigenvalue weighted by Crippen LogP contribution is 2.29. The SMILES string of the molecule is CSCCCN(CC(O)c1ccc(F)cc1)C1CC1. The van der Waals surface area contributed by atoms with Crippen LogP contribution in [0.3, 0.4) is 0 Å². The molecular formula is C15H22FNOS. The Morgan fingerprint density at radius 2 is 2.05 bits per heavy atom. The fourth-order valence-electron chi connectivity index (χ4n) is 2.29. The lowest BCUT2D eigenvalue weighted by molar-refractivity contribution is 0.109. The first-order valence-corrected chi connectivity index (χ1v) is 8.26. The second-order valence-electron chi connectivity index (χ2n) is 5.14. The van der Waals surface area contributed by atoms with Crippen molar-refractivity contribution in [3.05, 3.63) is 35.6 Å². The summed E-state index contributed by atoms with van der Waals surface area (Å²) in [5, 5.41) is 10.2. The number of hydrogen-bond acceptors (Lipinski definition) is 3. The maximum Gasteiger partial charge on any atom is 0.123 e. The van der Waals surface area contributed by atoms with E-state index in [4.69, 9.17) is 0 Å². The van der Waals surface area contributed by atoms with Crippen LogP contribution in [0.15, 0.2) is 24.3 Å².